The number of nitrogens with one attached hydrogen (secondary N) is 1. The topological polar surface area (TPSA) is 32.3 Å². The summed E-state index contributed by atoms with van der Waals surface area (Å²) < 4.78 is 1.23. The second kappa shape index (κ2) is 6.53. The number of rotatable bonds is 6. The van der Waals surface area contributed by atoms with Crippen LogP contribution in [0.3, 0.4) is 0 Å². The third kappa shape index (κ3) is 3.23. The lowest BCUT2D eigenvalue weighted by molar-refractivity contribution is 0.160. The van der Waals surface area contributed by atoms with E-state index in [9.17, 15) is 5.11 Å². The highest BCUT2D eigenvalue weighted by Crippen LogP contribution is 2.34. The molecule has 2 nitrogen and oxygen atoms in total. The molecule has 0 radical (unpaired) electrons. The molecule has 18 heavy (non-hydrogen) atoms. The maximum Gasteiger partial charge on any atom is 0.0636 e. The van der Waals surface area contributed by atoms with Gasteiger partial charge in [-0.2, -0.15) is 0 Å². The Bertz CT molecular complexity index is 511. The second-order valence-corrected chi connectivity index (χ2v) is 5.88. The number of hydrogen-bond acceptors (Lipinski definition) is 3. The molecule has 0 aliphatic heterocycles. The summed E-state index contributed by atoms with van der Waals surface area (Å²) in [6.07, 6.45) is 1.40. The van der Waals surface area contributed by atoms with E-state index >= 15 is 0 Å². The first-order valence-electron chi connectivity index (χ1n) is 6.27. The van der Waals surface area contributed by atoms with Crippen molar-refractivity contribution in [2.24, 2.45) is 0 Å². The summed E-state index contributed by atoms with van der Waals surface area (Å²) in [5.74, 6) is 0. The van der Waals surface area contributed by atoms with Crippen LogP contribution in [-0.2, 0) is 6.54 Å². The Morgan fingerprint density at radius 2 is 2.17 bits per heavy atom. The number of thiophene rings is 1. The third-order valence-corrected chi connectivity index (χ3v) is 4.73. The minimum Gasteiger partial charge on any atom is -0.393 e. The molecule has 2 aromatic rings. The Balaban J connectivity index is 1.94. The van der Waals surface area contributed by atoms with Crippen LogP contribution >= 0.6 is 22.9 Å². The molecule has 0 aliphatic rings. The summed E-state index contributed by atoms with van der Waals surface area (Å²) in [6, 6.07) is 8.19. The van der Waals surface area contributed by atoms with Crippen LogP contribution in [0, 0.1) is 0 Å². The fraction of sp³-hybridized carbons (Fsp3) is 0.429. The lowest BCUT2D eigenvalue weighted by Gasteiger charge is -2.07. The summed E-state index contributed by atoms with van der Waals surface area (Å²) >= 11 is 8.08. The van der Waals surface area contributed by atoms with Crippen molar-refractivity contribution in [1.29, 1.82) is 0 Å². The van der Waals surface area contributed by atoms with Crippen LogP contribution in [0.15, 0.2) is 24.3 Å². The van der Waals surface area contributed by atoms with E-state index in [4.69, 9.17) is 11.6 Å². The van der Waals surface area contributed by atoms with Gasteiger partial charge in [-0.15, -0.1) is 11.3 Å². The van der Waals surface area contributed by atoms with Crippen molar-refractivity contribution >= 4 is 33.0 Å². The van der Waals surface area contributed by atoms with Crippen molar-refractivity contribution in [2.45, 2.75) is 32.4 Å². The van der Waals surface area contributed by atoms with E-state index in [0.717, 1.165) is 36.3 Å². The molecule has 98 valence electrons. The van der Waals surface area contributed by atoms with Crippen molar-refractivity contribution in [1.82, 2.24) is 5.32 Å². The molecule has 4 heteroatoms. The van der Waals surface area contributed by atoms with Gasteiger partial charge in [0.05, 0.1) is 11.1 Å². The average molecular weight is 284 g/mol. The van der Waals surface area contributed by atoms with Gasteiger partial charge in [-0.1, -0.05) is 36.7 Å². The number of aliphatic hydroxyl groups is 1. The van der Waals surface area contributed by atoms with Gasteiger partial charge in [0, 0.05) is 21.5 Å². The van der Waals surface area contributed by atoms with Gasteiger partial charge in [0.1, 0.15) is 0 Å². The van der Waals surface area contributed by atoms with E-state index in [1.165, 1.54) is 9.58 Å². The van der Waals surface area contributed by atoms with Crippen LogP contribution in [0.25, 0.3) is 10.1 Å². The van der Waals surface area contributed by atoms with Crippen LogP contribution in [0.1, 0.15) is 24.6 Å². The number of aliphatic hydroxyl groups excluding tert-OH is 1. The quantitative estimate of drug-likeness (QED) is 0.790. The van der Waals surface area contributed by atoms with Gasteiger partial charge in [-0.05, 0) is 25.5 Å². The number of halogens is 1. The second-order valence-electron chi connectivity index (χ2n) is 4.36. The Morgan fingerprint density at radius 3 is 2.89 bits per heavy atom. The fourth-order valence-electron chi connectivity index (χ4n) is 1.85. The summed E-state index contributed by atoms with van der Waals surface area (Å²) in [4.78, 5) is 1.17. The molecule has 0 saturated carbocycles. The zero-order chi connectivity index (χ0) is 13.0. The standard InChI is InChI=1S/C14H18ClNOS/c1-2-10(17)7-8-16-9-13-14(15)11-5-3-4-6-12(11)18-13/h3-6,10,16-17H,2,7-9H2,1H3. The average Bonchev–Trinajstić information content (AvgIpc) is 2.72. The largest absolute Gasteiger partial charge is 0.393 e. The highest BCUT2D eigenvalue weighted by Gasteiger charge is 2.09. The van der Waals surface area contributed by atoms with E-state index in [0.29, 0.717) is 0 Å². The van der Waals surface area contributed by atoms with Crippen molar-refractivity contribution in [3.05, 3.63) is 34.2 Å². The normalized spacial score (nSPS) is 13.1. The number of fused-ring (bicyclic) bond motifs is 1. The van der Waals surface area contributed by atoms with Crippen molar-refractivity contribution in [2.75, 3.05) is 6.54 Å². The number of benzene rings is 1. The van der Waals surface area contributed by atoms with Crippen molar-refractivity contribution in [3.8, 4) is 0 Å². The van der Waals surface area contributed by atoms with Gasteiger partial charge in [0.2, 0.25) is 0 Å². The van der Waals surface area contributed by atoms with Gasteiger partial charge >= 0.3 is 0 Å². The molecule has 1 heterocycles. The van der Waals surface area contributed by atoms with E-state index in [2.05, 4.69) is 17.4 Å². The molecule has 2 rings (SSSR count). The monoisotopic (exact) mass is 283 g/mol. The first-order valence-corrected chi connectivity index (χ1v) is 7.46. The molecule has 1 atom stereocenters. The van der Waals surface area contributed by atoms with Crippen LogP contribution in [-0.4, -0.2) is 17.8 Å². The van der Waals surface area contributed by atoms with Gasteiger partial charge in [-0.25, -0.2) is 0 Å². The lowest BCUT2D eigenvalue weighted by Crippen LogP contribution is -2.19. The van der Waals surface area contributed by atoms with Crippen LogP contribution < -0.4 is 5.32 Å². The van der Waals surface area contributed by atoms with Crippen molar-refractivity contribution in [3.63, 3.8) is 0 Å². The van der Waals surface area contributed by atoms with Gasteiger partial charge < -0.3 is 10.4 Å². The maximum absolute atomic E-state index is 9.46. The van der Waals surface area contributed by atoms with Crippen LogP contribution in [0.4, 0.5) is 0 Å². The molecule has 0 bridgehead atoms. The molecule has 0 saturated heterocycles. The lowest BCUT2D eigenvalue weighted by atomic mass is 10.2. The summed E-state index contributed by atoms with van der Waals surface area (Å²) in [5, 5.41) is 14.8. The Labute approximate surface area is 117 Å². The molecule has 1 unspecified atom stereocenters. The predicted octanol–water partition coefficient (Wildman–Crippen LogP) is 3.81. The maximum atomic E-state index is 9.46. The van der Waals surface area contributed by atoms with E-state index in [1.807, 2.05) is 19.1 Å². The highest BCUT2D eigenvalue weighted by atomic mass is 35.5. The molecule has 1 aromatic carbocycles. The fourth-order valence-corrected chi connectivity index (χ4v) is 3.32. The predicted molar refractivity (Wildman–Crippen MR) is 79.5 cm³/mol. The number of hydrogen-bond donors (Lipinski definition) is 2. The molecule has 2 N–H and O–H groups in total. The minimum absolute atomic E-state index is 0.199. The molecule has 0 aliphatic carbocycles. The van der Waals surface area contributed by atoms with Crippen LogP contribution in [0.2, 0.25) is 5.02 Å². The molecular weight excluding hydrogens is 266 g/mol. The summed E-state index contributed by atoms with van der Waals surface area (Å²) in [5.41, 5.74) is 0. The highest BCUT2D eigenvalue weighted by molar-refractivity contribution is 7.19. The smallest absolute Gasteiger partial charge is 0.0636 e. The first-order chi connectivity index (χ1) is 8.72. The summed E-state index contributed by atoms with van der Waals surface area (Å²) in [7, 11) is 0. The Kier molecular flexibility index (Phi) is 5.01. The zero-order valence-corrected chi connectivity index (χ0v) is 12.0. The zero-order valence-electron chi connectivity index (χ0n) is 10.4. The molecule has 0 spiro atoms. The van der Waals surface area contributed by atoms with E-state index < -0.39 is 0 Å². The summed E-state index contributed by atoms with van der Waals surface area (Å²) in [6.45, 7) is 3.59. The van der Waals surface area contributed by atoms with Gasteiger partial charge in [0.15, 0.2) is 0 Å². The SMILES string of the molecule is CCC(O)CCNCc1sc2ccccc2c1Cl. The molecule has 0 amide bonds. The minimum atomic E-state index is -0.199. The Hall–Kier alpha value is -0.610. The Morgan fingerprint density at radius 1 is 1.39 bits per heavy atom. The van der Waals surface area contributed by atoms with Crippen LogP contribution in [0.5, 0.6) is 0 Å². The molecule has 1 aromatic heterocycles. The van der Waals surface area contributed by atoms with Crippen molar-refractivity contribution < 1.29 is 5.11 Å². The van der Waals surface area contributed by atoms with Gasteiger partial charge in [0.25, 0.3) is 0 Å². The van der Waals surface area contributed by atoms with E-state index in [-0.39, 0.29) is 6.10 Å². The first kappa shape index (κ1) is 13.8. The molecular formula is C14H18ClNOS. The van der Waals surface area contributed by atoms with E-state index in [1.54, 1.807) is 11.3 Å². The third-order valence-electron chi connectivity index (χ3n) is 3.01. The van der Waals surface area contributed by atoms with Gasteiger partial charge in [-0.3, -0.25) is 0 Å². The molecule has 0 fully saturated rings.